The Balaban J connectivity index is 2.29. The highest BCUT2D eigenvalue weighted by Crippen LogP contribution is 2.30. The van der Waals surface area contributed by atoms with Gasteiger partial charge in [0.2, 0.25) is 0 Å². The van der Waals surface area contributed by atoms with Gasteiger partial charge in [-0.25, -0.2) is 12.4 Å². The highest BCUT2D eigenvalue weighted by atomic mass is 79.9. The molecule has 2 aromatic carbocycles. The zero-order chi connectivity index (χ0) is 15.9. The second-order valence-corrected chi connectivity index (χ2v) is 7.56. The van der Waals surface area contributed by atoms with Crippen LogP contribution in [0.5, 0.6) is 5.75 Å². The largest absolute Gasteiger partial charge is 0.497 e. The number of halogens is 1. The normalized spacial score (nSPS) is 11.8. The van der Waals surface area contributed by atoms with Crippen molar-refractivity contribution >= 4 is 36.9 Å². The molecular weight excluding hydrogens is 366 g/mol. The number of rotatable bonds is 3. The molecule has 0 aliphatic rings. The van der Waals surface area contributed by atoms with E-state index in [9.17, 15) is 8.42 Å². The zero-order valence-electron chi connectivity index (χ0n) is 12.1. The number of aryl methyl sites for hydroxylation is 1. The predicted octanol–water partition coefficient (Wildman–Crippen LogP) is 3.96. The summed E-state index contributed by atoms with van der Waals surface area (Å²) in [4.78, 5) is 0.239. The maximum absolute atomic E-state index is 12.9. The molecule has 3 rings (SSSR count). The average Bonchev–Trinajstić information content (AvgIpc) is 2.85. The lowest BCUT2D eigenvalue weighted by molar-refractivity contribution is 0.415. The van der Waals surface area contributed by atoms with Crippen molar-refractivity contribution in [2.75, 3.05) is 7.11 Å². The maximum atomic E-state index is 12.9. The van der Waals surface area contributed by atoms with Gasteiger partial charge in [0.1, 0.15) is 10.6 Å². The van der Waals surface area contributed by atoms with Gasteiger partial charge in [-0.2, -0.15) is 0 Å². The number of fused-ring (bicyclic) bond motifs is 1. The van der Waals surface area contributed by atoms with Crippen LogP contribution in [-0.4, -0.2) is 19.5 Å². The van der Waals surface area contributed by atoms with Crippen LogP contribution in [0, 0.1) is 6.92 Å². The average molecular weight is 380 g/mol. The molecule has 6 heteroatoms. The molecule has 0 bridgehead atoms. The summed E-state index contributed by atoms with van der Waals surface area (Å²) < 4.78 is 32.9. The van der Waals surface area contributed by atoms with Crippen molar-refractivity contribution in [2.24, 2.45) is 0 Å². The Morgan fingerprint density at radius 3 is 2.55 bits per heavy atom. The van der Waals surface area contributed by atoms with Crippen LogP contribution in [-0.2, 0) is 10.0 Å². The van der Waals surface area contributed by atoms with Crippen molar-refractivity contribution in [3.8, 4) is 5.75 Å². The summed E-state index contributed by atoms with van der Waals surface area (Å²) in [5, 5.41) is 0.856. The first kappa shape index (κ1) is 15.1. The molecule has 0 atom stereocenters. The molecule has 0 fully saturated rings. The third-order valence-electron chi connectivity index (χ3n) is 3.55. The summed E-state index contributed by atoms with van der Waals surface area (Å²) in [6.07, 6.45) is 1.64. The molecule has 0 spiro atoms. The Hall–Kier alpha value is -1.79. The smallest absolute Gasteiger partial charge is 0.269 e. The van der Waals surface area contributed by atoms with Crippen molar-refractivity contribution < 1.29 is 13.2 Å². The summed E-state index contributed by atoms with van der Waals surface area (Å²) in [6, 6.07) is 12.2. The van der Waals surface area contributed by atoms with Crippen molar-refractivity contribution in [2.45, 2.75) is 11.8 Å². The van der Waals surface area contributed by atoms with Gasteiger partial charge in [-0.15, -0.1) is 0 Å². The predicted molar refractivity (Wildman–Crippen MR) is 90.0 cm³/mol. The van der Waals surface area contributed by atoms with Crippen molar-refractivity contribution in [1.82, 2.24) is 3.97 Å². The van der Waals surface area contributed by atoms with Gasteiger partial charge in [0, 0.05) is 16.1 Å². The van der Waals surface area contributed by atoms with E-state index < -0.39 is 10.0 Å². The molecule has 3 aromatic rings. The van der Waals surface area contributed by atoms with E-state index in [0.717, 1.165) is 10.9 Å². The van der Waals surface area contributed by atoms with Crippen LogP contribution in [0.2, 0.25) is 0 Å². The van der Waals surface area contributed by atoms with E-state index in [4.69, 9.17) is 4.74 Å². The molecule has 1 heterocycles. The molecule has 22 heavy (non-hydrogen) atoms. The fourth-order valence-electron chi connectivity index (χ4n) is 2.42. The first-order chi connectivity index (χ1) is 10.4. The molecule has 0 N–H and O–H groups in total. The van der Waals surface area contributed by atoms with E-state index in [0.29, 0.717) is 15.7 Å². The van der Waals surface area contributed by atoms with Crippen LogP contribution >= 0.6 is 15.9 Å². The van der Waals surface area contributed by atoms with E-state index in [1.54, 1.807) is 49.7 Å². The lowest BCUT2D eigenvalue weighted by atomic mass is 10.2. The van der Waals surface area contributed by atoms with Gasteiger partial charge in [-0.05, 0) is 58.7 Å². The van der Waals surface area contributed by atoms with Crippen molar-refractivity contribution in [3.63, 3.8) is 0 Å². The van der Waals surface area contributed by atoms with Gasteiger partial charge < -0.3 is 4.74 Å². The number of hydrogen-bond acceptors (Lipinski definition) is 3. The number of nitrogens with zero attached hydrogens (tertiary/aromatic N) is 1. The van der Waals surface area contributed by atoms with E-state index in [1.807, 2.05) is 13.0 Å². The topological polar surface area (TPSA) is 48.3 Å². The summed E-state index contributed by atoms with van der Waals surface area (Å²) in [5.74, 6) is 0.701. The second kappa shape index (κ2) is 5.44. The van der Waals surface area contributed by atoms with Gasteiger partial charge in [-0.1, -0.05) is 12.1 Å². The number of methoxy groups -OCH3 is 1. The Kier molecular flexibility index (Phi) is 3.74. The van der Waals surface area contributed by atoms with E-state index in [1.165, 1.54) is 3.97 Å². The third-order valence-corrected chi connectivity index (χ3v) is 6.24. The van der Waals surface area contributed by atoms with Crippen LogP contribution in [0.4, 0.5) is 0 Å². The molecular formula is C16H14BrNO3S. The molecule has 0 amide bonds. The summed E-state index contributed by atoms with van der Waals surface area (Å²) >= 11 is 3.31. The van der Waals surface area contributed by atoms with Crippen molar-refractivity contribution in [3.05, 3.63) is 58.7 Å². The molecule has 0 saturated carbocycles. The summed E-state index contributed by atoms with van der Waals surface area (Å²) in [6.45, 7) is 1.88. The minimum absolute atomic E-state index is 0.239. The van der Waals surface area contributed by atoms with Gasteiger partial charge >= 0.3 is 0 Å². The maximum Gasteiger partial charge on any atom is 0.269 e. The summed E-state index contributed by atoms with van der Waals surface area (Å²) in [5.41, 5.74) is 1.51. The minimum Gasteiger partial charge on any atom is -0.497 e. The number of aromatic nitrogens is 1. The second-order valence-electron chi connectivity index (χ2n) is 4.93. The van der Waals surface area contributed by atoms with Gasteiger partial charge in [0.05, 0.1) is 12.6 Å². The Morgan fingerprint density at radius 1 is 1.14 bits per heavy atom. The Morgan fingerprint density at radius 2 is 1.86 bits per heavy atom. The molecule has 0 radical (unpaired) electrons. The first-order valence-electron chi connectivity index (χ1n) is 6.61. The SMILES string of the molecule is COc1ccc2c(c1)c(C)cn2S(=O)(=O)c1ccccc1Br. The fraction of sp³-hybridized carbons (Fsp3) is 0.125. The van der Waals surface area contributed by atoms with Crippen molar-refractivity contribution in [1.29, 1.82) is 0 Å². The molecule has 0 aliphatic carbocycles. The molecule has 114 valence electrons. The van der Waals surface area contributed by atoms with Crippen LogP contribution in [0.15, 0.2) is 58.0 Å². The molecule has 0 aliphatic heterocycles. The third kappa shape index (κ3) is 2.32. The molecule has 0 saturated heterocycles. The summed E-state index contributed by atoms with van der Waals surface area (Å²) in [7, 11) is -2.08. The van der Waals surface area contributed by atoms with Crippen LogP contribution in [0.3, 0.4) is 0 Å². The molecule has 4 nitrogen and oxygen atoms in total. The van der Waals surface area contributed by atoms with Crippen LogP contribution in [0.25, 0.3) is 10.9 Å². The number of benzene rings is 2. The van der Waals surface area contributed by atoms with Gasteiger partial charge in [0.15, 0.2) is 0 Å². The van der Waals surface area contributed by atoms with Crippen LogP contribution < -0.4 is 4.74 Å². The highest BCUT2D eigenvalue weighted by Gasteiger charge is 2.22. The number of hydrogen-bond donors (Lipinski definition) is 0. The van der Waals surface area contributed by atoms with Gasteiger partial charge in [-0.3, -0.25) is 0 Å². The lowest BCUT2D eigenvalue weighted by Crippen LogP contribution is -2.12. The van der Waals surface area contributed by atoms with E-state index in [-0.39, 0.29) is 4.90 Å². The first-order valence-corrected chi connectivity index (χ1v) is 8.84. The minimum atomic E-state index is -3.67. The van der Waals surface area contributed by atoms with E-state index in [2.05, 4.69) is 15.9 Å². The molecule has 1 aromatic heterocycles. The monoisotopic (exact) mass is 379 g/mol. The van der Waals surface area contributed by atoms with Crippen LogP contribution in [0.1, 0.15) is 5.56 Å². The standard InChI is InChI=1S/C16H14BrNO3S/c1-11-10-18(15-8-7-12(21-2)9-13(11)15)22(19,20)16-6-4-3-5-14(16)17/h3-10H,1-2H3. The Labute approximate surface area is 137 Å². The molecule has 0 unspecified atom stereocenters. The Bertz CT molecular complexity index is 961. The lowest BCUT2D eigenvalue weighted by Gasteiger charge is -2.09. The quantitative estimate of drug-likeness (QED) is 0.691. The van der Waals surface area contributed by atoms with E-state index >= 15 is 0 Å². The fourth-order valence-corrected chi connectivity index (χ4v) is 4.81. The number of ether oxygens (including phenoxy) is 1. The highest BCUT2D eigenvalue weighted by molar-refractivity contribution is 9.10. The zero-order valence-corrected chi connectivity index (χ0v) is 14.5. The van der Waals surface area contributed by atoms with Gasteiger partial charge in [0.25, 0.3) is 10.0 Å².